The van der Waals surface area contributed by atoms with Gasteiger partial charge in [0.25, 0.3) is 0 Å². The predicted octanol–water partition coefficient (Wildman–Crippen LogP) is 3.38. The standard InChI is InChI=1S/C20H23NO6/c1-6-26-19(23)17-11(2)18(21-12(17)3)20(24)27-10-15-9-14(13(4)22)7-8-16(15)25-5/h7-9,21H,6,10H2,1-5H3. The minimum Gasteiger partial charge on any atom is -0.496 e. The number of hydrogen-bond donors (Lipinski definition) is 1. The van der Waals surface area contributed by atoms with E-state index in [2.05, 4.69) is 4.98 Å². The molecule has 0 atom stereocenters. The van der Waals surface area contributed by atoms with Gasteiger partial charge < -0.3 is 19.2 Å². The van der Waals surface area contributed by atoms with Crippen LogP contribution >= 0.6 is 0 Å². The molecule has 0 spiro atoms. The molecule has 0 aliphatic rings. The van der Waals surface area contributed by atoms with Crippen molar-refractivity contribution in [2.45, 2.75) is 34.3 Å². The van der Waals surface area contributed by atoms with Crippen molar-refractivity contribution >= 4 is 17.7 Å². The molecule has 0 aliphatic heterocycles. The maximum absolute atomic E-state index is 12.5. The highest BCUT2D eigenvalue weighted by molar-refractivity contribution is 5.98. The van der Waals surface area contributed by atoms with E-state index < -0.39 is 11.9 Å². The second kappa shape index (κ2) is 8.53. The van der Waals surface area contributed by atoms with Crippen molar-refractivity contribution in [3.63, 3.8) is 0 Å². The highest BCUT2D eigenvalue weighted by Crippen LogP contribution is 2.23. The van der Waals surface area contributed by atoms with E-state index in [0.717, 1.165) is 0 Å². The summed E-state index contributed by atoms with van der Waals surface area (Å²) in [6.07, 6.45) is 0. The SMILES string of the molecule is CCOC(=O)c1c(C)[nH]c(C(=O)OCc2cc(C(C)=O)ccc2OC)c1C. The number of Topliss-reactive ketones (excluding diaryl/α,β-unsaturated/α-hetero) is 1. The first-order chi connectivity index (χ1) is 12.8. The Morgan fingerprint density at radius 3 is 2.37 bits per heavy atom. The summed E-state index contributed by atoms with van der Waals surface area (Å²) in [4.78, 5) is 39.0. The zero-order chi connectivity index (χ0) is 20.1. The first-order valence-electron chi connectivity index (χ1n) is 8.51. The first kappa shape index (κ1) is 20.2. The van der Waals surface area contributed by atoms with Crippen LogP contribution < -0.4 is 4.74 Å². The minimum atomic E-state index is -0.610. The lowest BCUT2D eigenvalue weighted by Crippen LogP contribution is -2.10. The summed E-state index contributed by atoms with van der Waals surface area (Å²) >= 11 is 0. The number of H-pyrrole nitrogens is 1. The minimum absolute atomic E-state index is 0.0740. The molecule has 2 aromatic rings. The molecule has 0 unspecified atom stereocenters. The van der Waals surface area contributed by atoms with Crippen LogP contribution in [0.3, 0.4) is 0 Å². The van der Waals surface area contributed by atoms with Gasteiger partial charge in [0.05, 0.1) is 19.3 Å². The smallest absolute Gasteiger partial charge is 0.355 e. The number of carbonyl (C=O) groups is 3. The third kappa shape index (κ3) is 4.36. The average molecular weight is 373 g/mol. The summed E-state index contributed by atoms with van der Waals surface area (Å²) in [7, 11) is 1.50. The third-order valence-electron chi connectivity index (χ3n) is 4.17. The highest BCUT2D eigenvalue weighted by Gasteiger charge is 2.24. The molecule has 0 amide bonds. The third-order valence-corrected chi connectivity index (χ3v) is 4.17. The van der Waals surface area contributed by atoms with Gasteiger partial charge in [0.2, 0.25) is 0 Å². The van der Waals surface area contributed by atoms with Crippen LogP contribution in [-0.2, 0) is 16.1 Å². The van der Waals surface area contributed by atoms with E-state index in [1.165, 1.54) is 14.0 Å². The van der Waals surface area contributed by atoms with Crippen molar-refractivity contribution in [1.29, 1.82) is 0 Å². The van der Waals surface area contributed by atoms with E-state index in [1.54, 1.807) is 39.0 Å². The van der Waals surface area contributed by atoms with Crippen LogP contribution in [0.4, 0.5) is 0 Å². The molecule has 0 saturated carbocycles. The van der Waals surface area contributed by atoms with Gasteiger partial charge in [0.1, 0.15) is 18.1 Å². The number of methoxy groups -OCH3 is 1. The molecule has 27 heavy (non-hydrogen) atoms. The maximum atomic E-state index is 12.5. The zero-order valence-corrected chi connectivity index (χ0v) is 16.1. The van der Waals surface area contributed by atoms with E-state index in [1.807, 2.05) is 0 Å². The Bertz CT molecular complexity index is 881. The molecule has 1 aromatic carbocycles. The van der Waals surface area contributed by atoms with Crippen LogP contribution in [0.5, 0.6) is 5.75 Å². The van der Waals surface area contributed by atoms with Crippen LogP contribution in [0.1, 0.15) is 61.9 Å². The number of aromatic nitrogens is 1. The number of benzene rings is 1. The highest BCUT2D eigenvalue weighted by atomic mass is 16.5. The molecular weight excluding hydrogens is 350 g/mol. The van der Waals surface area contributed by atoms with Crippen molar-refractivity contribution < 1.29 is 28.6 Å². The fourth-order valence-electron chi connectivity index (χ4n) is 2.79. The normalized spacial score (nSPS) is 10.4. The van der Waals surface area contributed by atoms with E-state index in [-0.39, 0.29) is 24.7 Å². The molecule has 7 heteroatoms. The van der Waals surface area contributed by atoms with E-state index >= 15 is 0 Å². The van der Waals surface area contributed by atoms with E-state index in [0.29, 0.717) is 33.7 Å². The summed E-state index contributed by atoms with van der Waals surface area (Å²) < 4.78 is 15.6. The second-order valence-corrected chi connectivity index (χ2v) is 6.00. The fourth-order valence-corrected chi connectivity index (χ4v) is 2.79. The van der Waals surface area contributed by atoms with Crippen LogP contribution in [0, 0.1) is 13.8 Å². The molecule has 0 aliphatic carbocycles. The Morgan fingerprint density at radius 1 is 1.07 bits per heavy atom. The largest absolute Gasteiger partial charge is 0.496 e. The molecule has 0 fully saturated rings. The number of carbonyl (C=O) groups excluding carboxylic acids is 3. The van der Waals surface area contributed by atoms with Gasteiger partial charge in [-0.05, 0) is 51.5 Å². The van der Waals surface area contributed by atoms with Gasteiger partial charge in [0, 0.05) is 16.8 Å². The van der Waals surface area contributed by atoms with E-state index in [4.69, 9.17) is 14.2 Å². The quantitative estimate of drug-likeness (QED) is 0.591. The number of nitrogens with one attached hydrogen (secondary N) is 1. The Hall–Kier alpha value is -3.09. The Labute approximate surface area is 157 Å². The van der Waals surface area contributed by atoms with Gasteiger partial charge in [-0.25, -0.2) is 9.59 Å². The molecule has 0 saturated heterocycles. The molecule has 144 valence electrons. The van der Waals surface area contributed by atoms with Gasteiger partial charge in [-0.3, -0.25) is 4.79 Å². The van der Waals surface area contributed by atoms with Crippen LogP contribution in [-0.4, -0.2) is 36.4 Å². The van der Waals surface area contributed by atoms with Gasteiger partial charge in [-0.2, -0.15) is 0 Å². The fraction of sp³-hybridized carbons (Fsp3) is 0.350. The number of aromatic amines is 1. The summed E-state index contributed by atoms with van der Waals surface area (Å²) in [6, 6.07) is 4.94. The summed E-state index contributed by atoms with van der Waals surface area (Å²) in [5, 5.41) is 0. The summed E-state index contributed by atoms with van der Waals surface area (Å²) in [5.41, 5.74) is 2.61. The van der Waals surface area contributed by atoms with Crippen LogP contribution in [0.2, 0.25) is 0 Å². The number of hydrogen-bond acceptors (Lipinski definition) is 6. The van der Waals surface area contributed by atoms with Crippen molar-refractivity contribution in [2.24, 2.45) is 0 Å². The summed E-state index contributed by atoms with van der Waals surface area (Å²) in [6.45, 7) is 6.69. The van der Waals surface area contributed by atoms with Gasteiger partial charge >= 0.3 is 11.9 Å². The lowest BCUT2D eigenvalue weighted by atomic mass is 10.1. The Balaban J connectivity index is 2.22. The number of ketones is 1. The van der Waals surface area contributed by atoms with Crippen molar-refractivity contribution in [3.05, 3.63) is 51.8 Å². The lowest BCUT2D eigenvalue weighted by molar-refractivity contribution is 0.0463. The van der Waals surface area contributed by atoms with Crippen molar-refractivity contribution in [2.75, 3.05) is 13.7 Å². The zero-order valence-electron chi connectivity index (χ0n) is 16.1. The molecular formula is C20H23NO6. The molecule has 0 bridgehead atoms. The van der Waals surface area contributed by atoms with Gasteiger partial charge in [-0.1, -0.05) is 0 Å². The number of aryl methyl sites for hydroxylation is 1. The molecule has 1 heterocycles. The number of esters is 2. The molecule has 0 radical (unpaired) electrons. The summed E-state index contributed by atoms with van der Waals surface area (Å²) in [5.74, 6) is -0.681. The molecule has 1 aromatic heterocycles. The molecule has 2 rings (SSSR count). The first-order valence-corrected chi connectivity index (χ1v) is 8.51. The molecule has 7 nitrogen and oxygen atoms in total. The lowest BCUT2D eigenvalue weighted by Gasteiger charge is -2.10. The van der Waals surface area contributed by atoms with Crippen LogP contribution in [0.15, 0.2) is 18.2 Å². The Kier molecular flexibility index (Phi) is 6.39. The van der Waals surface area contributed by atoms with Crippen LogP contribution in [0.25, 0.3) is 0 Å². The topological polar surface area (TPSA) is 94.7 Å². The van der Waals surface area contributed by atoms with E-state index in [9.17, 15) is 14.4 Å². The maximum Gasteiger partial charge on any atom is 0.355 e. The Morgan fingerprint density at radius 2 is 1.78 bits per heavy atom. The molecule has 1 N–H and O–H groups in total. The van der Waals surface area contributed by atoms with Gasteiger partial charge in [0.15, 0.2) is 5.78 Å². The van der Waals surface area contributed by atoms with Crippen molar-refractivity contribution in [1.82, 2.24) is 4.98 Å². The van der Waals surface area contributed by atoms with Crippen molar-refractivity contribution in [3.8, 4) is 5.75 Å². The average Bonchev–Trinajstić information content (AvgIpc) is 2.93. The van der Waals surface area contributed by atoms with Gasteiger partial charge in [-0.15, -0.1) is 0 Å². The predicted molar refractivity (Wildman–Crippen MR) is 98.3 cm³/mol. The second-order valence-electron chi connectivity index (χ2n) is 6.00. The number of rotatable bonds is 7. The monoisotopic (exact) mass is 373 g/mol. The number of ether oxygens (including phenoxy) is 3.